The molecule has 0 aliphatic heterocycles. The van der Waals surface area contributed by atoms with Crippen LogP contribution >= 0.6 is 22.9 Å². The lowest BCUT2D eigenvalue weighted by atomic mass is 9.87. The summed E-state index contributed by atoms with van der Waals surface area (Å²) < 4.78 is 13.9. The van der Waals surface area contributed by atoms with E-state index in [9.17, 15) is 9.18 Å². The third kappa shape index (κ3) is 3.04. The van der Waals surface area contributed by atoms with Gasteiger partial charge in [0.05, 0.1) is 11.4 Å². The Morgan fingerprint density at radius 1 is 1.42 bits per heavy atom. The fourth-order valence-electron chi connectivity index (χ4n) is 3.31. The second-order valence-corrected chi connectivity index (χ2v) is 8.15. The van der Waals surface area contributed by atoms with Gasteiger partial charge in [-0.15, -0.1) is 11.3 Å². The van der Waals surface area contributed by atoms with Crippen molar-refractivity contribution in [2.75, 3.05) is 11.1 Å². The Balaban J connectivity index is 1.70. The van der Waals surface area contributed by atoms with Crippen LogP contribution in [0, 0.1) is 11.7 Å². The highest BCUT2D eigenvalue weighted by atomic mass is 35.5. The minimum atomic E-state index is -0.590. The summed E-state index contributed by atoms with van der Waals surface area (Å²) in [6.07, 6.45) is 3.04. The number of nitrogens with one attached hydrogen (secondary N) is 1. The van der Waals surface area contributed by atoms with E-state index in [0.29, 0.717) is 16.5 Å². The van der Waals surface area contributed by atoms with Gasteiger partial charge >= 0.3 is 0 Å². The largest absolute Gasteiger partial charge is 0.397 e. The van der Waals surface area contributed by atoms with E-state index in [1.54, 1.807) is 0 Å². The number of fused-ring (bicyclic) bond motifs is 2. The first kappa shape index (κ1) is 17.2. The molecule has 1 unspecified atom stereocenters. The van der Waals surface area contributed by atoms with E-state index in [4.69, 9.17) is 22.3 Å². The summed E-state index contributed by atoms with van der Waals surface area (Å²) >= 11 is 6.98. The van der Waals surface area contributed by atoms with Gasteiger partial charge in [0, 0.05) is 16.1 Å². The van der Waals surface area contributed by atoms with Crippen molar-refractivity contribution in [2.24, 2.45) is 5.92 Å². The Morgan fingerprint density at radius 2 is 2.23 bits per heavy atom. The molecule has 4 nitrogen and oxygen atoms in total. The molecule has 1 aliphatic carbocycles. The molecular weight excluding hydrogens is 373 g/mol. The van der Waals surface area contributed by atoms with Gasteiger partial charge in [0.25, 0.3) is 5.91 Å². The molecule has 0 fully saturated rings. The number of hydrogen-bond donors (Lipinski definition) is 2. The number of amides is 1. The van der Waals surface area contributed by atoms with Crippen LogP contribution in [0.5, 0.6) is 0 Å². The molecule has 0 radical (unpaired) electrons. The number of benzene rings is 1. The number of carbonyl (C=O) groups excluding carboxylic acids is 1. The van der Waals surface area contributed by atoms with Crippen LogP contribution in [-0.2, 0) is 12.8 Å². The van der Waals surface area contributed by atoms with Gasteiger partial charge in [0.2, 0.25) is 0 Å². The number of nitrogens with two attached hydrogens (primary N) is 1. The highest BCUT2D eigenvalue weighted by Crippen LogP contribution is 2.36. The number of carbonyl (C=O) groups is 1. The summed E-state index contributed by atoms with van der Waals surface area (Å²) in [6, 6.07) is 6.16. The molecule has 1 aliphatic rings. The number of nitrogen functional groups attached to an aromatic ring is 1. The van der Waals surface area contributed by atoms with Crippen molar-refractivity contribution in [1.82, 2.24) is 4.98 Å². The van der Waals surface area contributed by atoms with E-state index in [0.717, 1.165) is 41.2 Å². The fraction of sp³-hybridized carbons (Fsp3) is 0.263. The van der Waals surface area contributed by atoms with Crippen molar-refractivity contribution in [3.8, 4) is 0 Å². The maximum Gasteiger partial charge on any atom is 0.268 e. The van der Waals surface area contributed by atoms with E-state index in [-0.39, 0.29) is 10.7 Å². The number of anilines is 2. The van der Waals surface area contributed by atoms with Crippen LogP contribution in [0.15, 0.2) is 24.3 Å². The first-order chi connectivity index (χ1) is 12.4. The second-order valence-electron chi connectivity index (χ2n) is 6.72. The Morgan fingerprint density at radius 3 is 3.00 bits per heavy atom. The van der Waals surface area contributed by atoms with Crippen molar-refractivity contribution in [1.29, 1.82) is 0 Å². The molecule has 0 saturated carbocycles. The SMILES string of the molecule is CC1CCc2nc3sc(C(=O)Nc4ccc(Cl)cc4F)c(N)c3cc2C1. The average Bonchev–Trinajstić information content (AvgIpc) is 2.92. The summed E-state index contributed by atoms with van der Waals surface area (Å²) in [5.74, 6) is -0.413. The zero-order valence-electron chi connectivity index (χ0n) is 14.1. The Labute approximate surface area is 159 Å². The Bertz CT molecular complexity index is 1030. The molecule has 1 amide bonds. The van der Waals surface area contributed by atoms with Crippen molar-refractivity contribution in [2.45, 2.75) is 26.2 Å². The summed E-state index contributed by atoms with van der Waals surface area (Å²) in [7, 11) is 0. The minimum absolute atomic E-state index is 0.0670. The van der Waals surface area contributed by atoms with E-state index >= 15 is 0 Å². The number of rotatable bonds is 2. The molecule has 3 aromatic rings. The molecule has 0 bridgehead atoms. The average molecular weight is 390 g/mol. The topological polar surface area (TPSA) is 68.0 Å². The number of pyridine rings is 1. The number of aromatic nitrogens is 1. The van der Waals surface area contributed by atoms with Gasteiger partial charge in [-0.25, -0.2) is 9.37 Å². The molecule has 4 rings (SSSR count). The zero-order valence-corrected chi connectivity index (χ0v) is 15.7. The smallest absolute Gasteiger partial charge is 0.268 e. The standard InChI is InChI=1S/C19H17ClFN3OS/c1-9-2-4-14-10(6-9)7-12-16(22)17(26-19(12)24-14)18(25)23-15-5-3-11(20)8-13(15)21/h3,5,7-9H,2,4,6,22H2,1H3,(H,23,25). The number of halogens is 2. The van der Waals surface area contributed by atoms with E-state index in [1.165, 1.54) is 29.0 Å². The summed E-state index contributed by atoms with van der Waals surface area (Å²) in [6.45, 7) is 2.23. The maximum absolute atomic E-state index is 13.9. The van der Waals surface area contributed by atoms with Crippen LogP contribution in [-0.4, -0.2) is 10.9 Å². The summed E-state index contributed by atoms with van der Waals surface area (Å²) in [5.41, 5.74) is 8.97. The number of thiophene rings is 1. The van der Waals surface area contributed by atoms with Crippen LogP contribution in [0.2, 0.25) is 5.02 Å². The Kier molecular flexibility index (Phi) is 4.32. The highest BCUT2D eigenvalue weighted by Gasteiger charge is 2.22. The monoisotopic (exact) mass is 389 g/mol. The van der Waals surface area contributed by atoms with Gasteiger partial charge < -0.3 is 11.1 Å². The van der Waals surface area contributed by atoms with Crippen molar-refractivity contribution in [3.63, 3.8) is 0 Å². The van der Waals surface area contributed by atoms with Crippen molar-refractivity contribution in [3.05, 3.63) is 51.2 Å². The Hall–Kier alpha value is -2.18. The maximum atomic E-state index is 13.9. The van der Waals surface area contributed by atoms with Gasteiger partial charge in [-0.3, -0.25) is 4.79 Å². The lowest BCUT2D eigenvalue weighted by molar-refractivity contribution is 0.103. The molecule has 0 spiro atoms. The van der Waals surface area contributed by atoms with Gasteiger partial charge in [-0.05, 0) is 55.0 Å². The molecule has 1 aromatic carbocycles. The number of nitrogens with zero attached hydrogens (tertiary/aromatic N) is 1. The van der Waals surface area contributed by atoms with Crippen LogP contribution in [0.3, 0.4) is 0 Å². The van der Waals surface area contributed by atoms with Crippen molar-refractivity contribution < 1.29 is 9.18 Å². The third-order valence-corrected chi connectivity index (χ3v) is 6.07. The van der Waals surface area contributed by atoms with Gasteiger partial charge in [0.1, 0.15) is 15.5 Å². The zero-order chi connectivity index (χ0) is 18.4. The molecule has 2 heterocycles. The molecule has 1 atom stereocenters. The van der Waals surface area contributed by atoms with E-state index in [1.807, 2.05) is 0 Å². The molecule has 26 heavy (non-hydrogen) atoms. The van der Waals surface area contributed by atoms with Gasteiger partial charge in [-0.2, -0.15) is 0 Å². The van der Waals surface area contributed by atoms with Crippen LogP contribution in [0.4, 0.5) is 15.8 Å². The lowest BCUT2D eigenvalue weighted by Crippen LogP contribution is -2.13. The molecule has 0 saturated heterocycles. The molecule has 134 valence electrons. The molecule has 3 N–H and O–H groups in total. The molecule has 7 heteroatoms. The first-order valence-electron chi connectivity index (χ1n) is 8.39. The summed E-state index contributed by atoms with van der Waals surface area (Å²) in [4.78, 5) is 18.4. The van der Waals surface area contributed by atoms with Crippen LogP contribution in [0.25, 0.3) is 10.2 Å². The molecular formula is C19H17ClFN3OS. The quantitative estimate of drug-likeness (QED) is 0.644. The number of hydrogen-bond acceptors (Lipinski definition) is 4. The lowest BCUT2D eigenvalue weighted by Gasteiger charge is -2.20. The highest BCUT2D eigenvalue weighted by molar-refractivity contribution is 7.21. The minimum Gasteiger partial charge on any atom is -0.397 e. The molecule has 2 aromatic heterocycles. The third-order valence-electron chi connectivity index (χ3n) is 4.72. The van der Waals surface area contributed by atoms with Gasteiger partial charge in [0.15, 0.2) is 0 Å². The normalized spacial score (nSPS) is 16.5. The van der Waals surface area contributed by atoms with Crippen LogP contribution in [0.1, 0.15) is 34.3 Å². The predicted molar refractivity (Wildman–Crippen MR) is 105 cm³/mol. The fourth-order valence-corrected chi connectivity index (χ4v) is 4.46. The summed E-state index contributed by atoms with van der Waals surface area (Å²) in [5, 5.41) is 3.63. The van der Waals surface area contributed by atoms with Crippen molar-refractivity contribution >= 4 is 50.4 Å². The van der Waals surface area contributed by atoms with E-state index in [2.05, 4.69) is 18.3 Å². The number of aryl methyl sites for hydroxylation is 1. The van der Waals surface area contributed by atoms with Crippen LogP contribution < -0.4 is 11.1 Å². The first-order valence-corrected chi connectivity index (χ1v) is 9.59. The van der Waals surface area contributed by atoms with E-state index < -0.39 is 11.7 Å². The predicted octanol–water partition coefficient (Wildman–Crippen LogP) is 5.05. The second kappa shape index (κ2) is 6.52. The van der Waals surface area contributed by atoms with Gasteiger partial charge in [-0.1, -0.05) is 18.5 Å².